The third kappa shape index (κ3) is 3.49. The Balaban J connectivity index is 1.87. The largest absolute Gasteiger partial charge is 0.253 e. The fourth-order valence-corrected chi connectivity index (χ4v) is 3.16. The van der Waals surface area contributed by atoms with Crippen LogP contribution in [-0.2, 0) is 0 Å². The molecule has 0 aromatic carbocycles. The third-order valence-corrected chi connectivity index (χ3v) is 4.21. The molecule has 0 unspecified atom stereocenters. The Morgan fingerprint density at radius 3 is 3.00 bits per heavy atom. The van der Waals surface area contributed by atoms with Crippen molar-refractivity contribution < 1.29 is 0 Å². The Labute approximate surface area is 105 Å². The van der Waals surface area contributed by atoms with Crippen LogP contribution in [-0.4, -0.2) is 16.4 Å². The summed E-state index contributed by atoms with van der Waals surface area (Å²) < 4.78 is 0. The zero-order valence-electron chi connectivity index (χ0n) is 9.53. The molecule has 0 saturated heterocycles. The van der Waals surface area contributed by atoms with E-state index in [1.165, 1.54) is 25.0 Å². The first-order valence-corrected chi connectivity index (χ1v) is 7.65. The van der Waals surface area contributed by atoms with Crippen LogP contribution in [0.5, 0.6) is 0 Å². The van der Waals surface area contributed by atoms with Gasteiger partial charge in [0.25, 0.3) is 0 Å². The van der Waals surface area contributed by atoms with Gasteiger partial charge in [0.15, 0.2) is 0 Å². The fraction of sp³-hybridized carbons (Fsp3) is 0.636. The summed E-state index contributed by atoms with van der Waals surface area (Å²) in [6.45, 7) is 2.14. The Kier molecular flexibility index (Phi) is 4.66. The van der Waals surface area contributed by atoms with Crippen molar-refractivity contribution in [3.8, 4) is 0 Å². The molecule has 2 rings (SSSR count). The molecule has 1 saturated carbocycles. The summed E-state index contributed by atoms with van der Waals surface area (Å²) in [6, 6.07) is 0. The monoisotopic (exact) mass is 255 g/mol. The number of hydrogen-bond acceptors (Lipinski definition) is 5. The summed E-state index contributed by atoms with van der Waals surface area (Å²) in [5.41, 5.74) is 4.37. The van der Waals surface area contributed by atoms with Crippen molar-refractivity contribution in [2.45, 2.75) is 44.1 Å². The van der Waals surface area contributed by atoms with Crippen molar-refractivity contribution in [3.63, 3.8) is 0 Å². The molecule has 0 amide bonds. The van der Waals surface area contributed by atoms with Gasteiger partial charge in [-0.2, -0.15) is 5.10 Å². The van der Waals surface area contributed by atoms with E-state index in [9.17, 15) is 0 Å². The highest BCUT2D eigenvalue weighted by Crippen LogP contribution is 2.24. The van der Waals surface area contributed by atoms with E-state index < -0.39 is 0 Å². The van der Waals surface area contributed by atoms with Gasteiger partial charge in [-0.3, -0.25) is 5.43 Å². The number of anilines is 1. The molecule has 1 aliphatic rings. The Hall–Kier alpha value is -0.550. The summed E-state index contributed by atoms with van der Waals surface area (Å²) >= 11 is 3.40. The van der Waals surface area contributed by atoms with Crippen molar-refractivity contribution in [1.82, 2.24) is 4.98 Å². The summed E-state index contributed by atoms with van der Waals surface area (Å²) in [4.78, 5) is 4.45. The van der Waals surface area contributed by atoms with E-state index in [0.29, 0.717) is 0 Å². The van der Waals surface area contributed by atoms with Crippen molar-refractivity contribution in [2.24, 2.45) is 5.10 Å². The van der Waals surface area contributed by atoms with E-state index in [-0.39, 0.29) is 0 Å². The SMILES string of the molecule is CCSc1csc(NN=C2CCCCC2)n1. The lowest BCUT2D eigenvalue weighted by Gasteiger charge is -2.11. The summed E-state index contributed by atoms with van der Waals surface area (Å²) in [5.74, 6) is 1.07. The van der Waals surface area contributed by atoms with Gasteiger partial charge in [0, 0.05) is 11.1 Å². The fourth-order valence-electron chi connectivity index (χ4n) is 1.72. The second-order valence-corrected chi connectivity index (χ2v) is 5.92. The molecule has 0 spiro atoms. The average molecular weight is 255 g/mol. The molecule has 0 atom stereocenters. The second kappa shape index (κ2) is 6.25. The van der Waals surface area contributed by atoms with Gasteiger partial charge in [-0.25, -0.2) is 4.98 Å². The average Bonchev–Trinajstić information content (AvgIpc) is 2.76. The van der Waals surface area contributed by atoms with E-state index in [2.05, 4.69) is 27.8 Å². The predicted molar refractivity (Wildman–Crippen MR) is 72.7 cm³/mol. The highest BCUT2D eigenvalue weighted by molar-refractivity contribution is 7.99. The molecular weight excluding hydrogens is 238 g/mol. The van der Waals surface area contributed by atoms with Gasteiger partial charge in [-0.1, -0.05) is 13.3 Å². The topological polar surface area (TPSA) is 37.3 Å². The van der Waals surface area contributed by atoms with Crippen LogP contribution >= 0.6 is 23.1 Å². The molecule has 1 aliphatic carbocycles. The molecule has 5 heteroatoms. The normalized spacial score (nSPS) is 16.2. The Morgan fingerprint density at radius 1 is 1.44 bits per heavy atom. The third-order valence-electron chi connectivity index (χ3n) is 2.52. The molecule has 1 aromatic heterocycles. The van der Waals surface area contributed by atoms with Crippen LogP contribution in [0.25, 0.3) is 0 Å². The molecule has 0 bridgehead atoms. The molecule has 88 valence electrons. The van der Waals surface area contributed by atoms with E-state index in [4.69, 9.17) is 0 Å². The highest BCUT2D eigenvalue weighted by Gasteiger charge is 2.07. The van der Waals surface area contributed by atoms with Gasteiger partial charge in [0.05, 0.1) is 0 Å². The zero-order valence-corrected chi connectivity index (χ0v) is 11.2. The first-order valence-electron chi connectivity index (χ1n) is 5.78. The minimum atomic E-state index is 0.911. The van der Waals surface area contributed by atoms with Gasteiger partial charge >= 0.3 is 0 Å². The van der Waals surface area contributed by atoms with Gasteiger partial charge in [0.2, 0.25) is 5.13 Å². The molecule has 3 nitrogen and oxygen atoms in total. The number of thiazole rings is 1. The molecular formula is C11H17N3S2. The lowest BCUT2D eigenvalue weighted by atomic mass is 9.99. The maximum Gasteiger partial charge on any atom is 0.204 e. The van der Waals surface area contributed by atoms with Crippen LogP contribution in [0.4, 0.5) is 5.13 Å². The summed E-state index contributed by atoms with van der Waals surface area (Å²) in [6.07, 6.45) is 6.22. The minimum Gasteiger partial charge on any atom is -0.253 e. The van der Waals surface area contributed by atoms with E-state index in [1.54, 1.807) is 23.1 Å². The standard InChI is InChI=1S/C11H17N3S2/c1-2-15-10-8-16-11(12-10)14-13-9-6-4-3-5-7-9/h8H,2-7H2,1H3,(H,12,14). The first-order chi connectivity index (χ1) is 7.88. The van der Waals surface area contributed by atoms with Gasteiger partial charge in [-0.05, 0) is 31.4 Å². The number of nitrogens with zero attached hydrogens (tertiary/aromatic N) is 2. The maximum atomic E-state index is 4.45. The molecule has 1 N–H and O–H groups in total. The van der Waals surface area contributed by atoms with Crippen molar-refractivity contribution in [3.05, 3.63) is 5.38 Å². The lowest BCUT2D eigenvalue weighted by Crippen LogP contribution is -2.07. The second-order valence-electron chi connectivity index (χ2n) is 3.77. The lowest BCUT2D eigenvalue weighted by molar-refractivity contribution is 0.665. The van der Waals surface area contributed by atoms with Crippen LogP contribution in [0.15, 0.2) is 15.5 Å². The smallest absolute Gasteiger partial charge is 0.204 e. The number of aromatic nitrogens is 1. The van der Waals surface area contributed by atoms with Crippen LogP contribution < -0.4 is 5.43 Å². The van der Waals surface area contributed by atoms with Crippen molar-refractivity contribution in [1.29, 1.82) is 0 Å². The van der Waals surface area contributed by atoms with E-state index >= 15 is 0 Å². The Morgan fingerprint density at radius 2 is 2.25 bits per heavy atom. The molecule has 0 radical (unpaired) electrons. The number of hydrazone groups is 1. The van der Waals surface area contributed by atoms with Crippen LogP contribution in [0, 0.1) is 0 Å². The van der Waals surface area contributed by atoms with Crippen LogP contribution in [0.1, 0.15) is 39.0 Å². The van der Waals surface area contributed by atoms with Crippen molar-refractivity contribution >= 4 is 33.9 Å². The van der Waals surface area contributed by atoms with Crippen LogP contribution in [0.3, 0.4) is 0 Å². The highest BCUT2D eigenvalue weighted by atomic mass is 32.2. The minimum absolute atomic E-state index is 0.911. The predicted octanol–water partition coefficient (Wildman–Crippen LogP) is 3.99. The molecule has 1 aromatic rings. The molecule has 0 aliphatic heterocycles. The van der Waals surface area contributed by atoms with Gasteiger partial charge in [-0.15, -0.1) is 23.1 Å². The zero-order chi connectivity index (χ0) is 11.2. The quantitative estimate of drug-likeness (QED) is 0.653. The van der Waals surface area contributed by atoms with Crippen molar-refractivity contribution in [2.75, 3.05) is 11.2 Å². The van der Waals surface area contributed by atoms with Gasteiger partial charge < -0.3 is 0 Å². The van der Waals surface area contributed by atoms with E-state index in [1.807, 2.05) is 0 Å². The summed E-state index contributed by atoms with van der Waals surface area (Å²) in [5, 5.41) is 8.52. The molecule has 1 fully saturated rings. The maximum absolute atomic E-state index is 4.45. The Bertz CT molecular complexity index is 352. The number of nitrogens with one attached hydrogen (secondary N) is 1. The van der Waals surface area contributed by atoms with Crippen LogP contribution in [0.2, 0.25) is 0 Å². The molecule has 16 heavy (non-hydrogen) atoms. The number of hydrogen-bond donors (Lipinski definition) is 1. The van der Waals surface area contributed by atoms with E-state index in [0.717, 1.165) is 28.8 Å². The van der Waals surface area contributed by atoms with Gasteiger partial charge in [0.1, 0.15) is 5.03 Å². The number of rotatable bonds is 4. The summed E-state index contributed by atoms with van der Waals surface area (Å²) in [7, 11) is 0. The number of thioether (sulfide) groups is 1. The molecule has 1 heterocycles. The first kappa shape index (κ1) is 11.9.